The Kier molecular flexibility index (Phi) is 3.80. The monoisotopic (exact) mass is 342 g/mol. The van der Waals surface area contributed by atoms with Gasteiger partial charge in [0.2, 0.25) is 0 Å². The first-order valence-electron chi connectivity index (χ1n) is 6.63. The number of benzene rings is 2. The van der Waals surface area contributed by atoms with Crippen molar-refractivity contribution in [3.63, 3.8) is 0 Å². The number of hydrogen-bond donors (Lipinski definition) is 1. The number of nitrogens with zero attached hydrogens (tertiary/aromatic N) is 1. The molecule has 0 aliphatic heterocycles. The second-order valence-electron chi connectivity index (χ2n) is 4.83. The van der Waals surface area contributed by atoms with Crippen LogP contribution in [0.15, 0.2) is 53.1 Å². The topological polar surface area (TPSA) is 34.1 Å². The summed E-state index contributed by atoms with van der Waals surface area (Å²) in [6.45, 7) is 2.08. The molecule has 3 aromatic rings. The molecule has 1 aromatic heterocycles. The van der Waals surface area contributed by atoms with Crippen LogP contribution in [0.1, 0.15) is 5.56 Å². The van der Waals surface area contributed by atoms with Gasteiger partial charge in [-0.15, -0.1) is 0 Å². The number of rotatable bonds is 3. The lowest BCUT2D eigenvalue weighted by atomic mass is 10.1. The van der Waals surface area contributed by atoms with Crippen molar-refractivity contribution < 1.29 is 4.74 Å². The largest absolute Gasteiger partial charge is 0.497 e. The van der Waals surface area contributed by atoms with Crippen LogP contribution in [0.3, 0.4) is 0 Å². The molecule has 3 nitrogen and oxygen atoms in total. The molecule has 106 valence electrons. The van der Waals surface area contributed by atoms with Crippen molar-refractivity contribution in [1.29, 1.82) is 0 Å². The summed E-state index contributed by atoms with van der Waals surface area (Å²) in [7, 11) is 1.66. The van der Waals surface area contributed by atoms with Gasteiger partial charge >= 0.3 is 0 Å². The number of hydrogen-bond acceptors (Lipinski definition) is 3. The molecule has 0 radical (unpaired) electrons. The minimum atomic E-state index is 0.812. The van der Waals surface area contributed by atoms with Crippen molar-refractivity contribution in [3.8, 4) is 5.75 Å². The van der Waals surface area contributed by atoms with Gasteiger partial charge < -0.3 is 10.1 Å². The zero-order valence-electron chi connectivity index (χ0n) is 11.9. The highest BCUT2D eigenvalue weighted by Crippen LogP contribution is 2.29. The van der Waals surface area contributed by atoms with E-state index < -0.39 is 0 Å². The normalized spacial score (nSPS) is 10.6. The van der Waals surface area contributed by atoms with Crippen LogP contribution < -0.4 is 10.1 Å². The summed E-state index contributed by atoms with van der Waals surface area (Å²) >= 11 is 3.49. The van der Waals surface area contributed by atoms with E-state index in [-0.39, 0.29) is 0 Å². The Bertz CT molecular complexity index is 802. The van der Waals surface area contributed by atoms with Crippen LogP contribution in [-0.2, 0) is 0 Å². The fourth-order valence-corrected chi connectivity index (χ4v) is 2.75. The molecule has 0 atom stereocenters. The van der Waals surface area contributed by atoms with Gasteiger partial charge in [0.15, 0.2) is 0 Å². The molecule has 1 N–H and O–H groups in total. The van der Waals surface area contributed by atoms with Crippen molar-refractivity contribution in [2.45, 2.75) is 6.92 Å². The number of pyridine rings is 1. The maximum absolute atomic E-state index is 5.25. The van der Waals surface area contributed by atoms with Gasteiger partial charge in [-0.25, -0.2) is 0 Å². The quantitative estimate of drug-likeness (QED) is 0.722. The van der Waals surface area contributed by atoms with Crippen molar-refractivity contribution in [2.75, 3.05) is 12.4 Å². The van der Waals surface area contributed by atoms with Crippen LogP contribution >= 0.6 is 15.9 Å². The number of ether oxygens (including phenoxy) is 1. The minimum Gasteiger partial charge on any atom is -0.497 e. The third kappa shape index (κ3) is 2.85. The molecule has 21 heavy (non-hydrogen) atoms. The van der Waals surface area contributed by atoms with Crippen LogP contribution in [0.5, 0.6) is 5.75 Å². The van der Waals surface area contributed by atoms with E-state index >= 15 is 0 Å². The predicted molar refractivity (Wildman–Crippen MR) is 90.5 cm³/mol. The van der Waals surface area contributed by atoms with Crippen LogP contribution in [0.4, 0.5) is 11.4 Å². The van der Waals surface area contributed by atoms with Crippen molar-refractivity contribution >= 4 is 38.2 Å². The summed E-state index contributed by atoms with van der Waals surface area (Å²) in [4.78, 5) is 4.40. The molecule has 0 spiro atoms. The molecule has 0 saturated heterocycles. The van der Waals surface area contributed by atoms with Gasteiger partial charge in [-0.2, -0.15) is 0 Å². The summed E-state index contributed by atoms with van der Waals surface area (Å²) in [5, 5.41) is 4.55. The lowest BCUT2D eigenvalue weighted by Crippen LogP contribution is -1.95. The van der Waals surface area contributed by atoms with Gasteiger partial charge in [0.25, 0.3) is 0 Å². The zero-order valence-corrected chi connectivity index (χ0v) is 13.4. The molecule has 1 heterocycles. The Morgan fingerprint density at radius 3 is 2.67 bits per heavy atom. The molecule has 0 fully saturated rings. The smallest absolute Gasteiger partial charge is 0.121 e. The van der Waals surface area contributed by atoms with E-state index in [1.165, 1.54) is 5.56 Å². The highest BCUT2D eigenvalue weighted by Gasteiger charge is 2.05. The molecule has 0 bridgehead atoms. The molecule has 3 rings (SSSR count). The Labute approximate surface area is 132 Å². The van der Waals surface area contributed by atoms with Gasteiger partial charge in [-0.05, 0) is 48.9 Å². The predicted octanol–water partition coefficient (Wildman–Crippen LogP) is 5.06. The van der Waals surface area contributed by atoms with E-state index in [1.807, 2.05) is 30.3 Å². The fourth-order valence-electron chi connectivity index (χ4n) is 2.28. The molecule has 0 aliphatic rings. The van der Waals surface area contributed by atoms with E-state index in [0.717, 1.165) is 32.5 Å². The molecule has 0 aliphatic carbocycles. The molecule has 0 amide bonds. The number of aryl methyl sites for hydroxylation is 1. The molecule has 0 saturated carbocycles. The number of fused-ring (bicyclic) bond motifs is 1. The number of nitrogens with one attached hydrogen (secondary N) is 1. The summed E-state index contributed by atoms with van der Waals surface area (Å²) in [6.07, 6.45) is 1.80. The second-order valence-corrected chi connectivity index (χ2v) is 5.74. The van der Waals surface area contributed by atoms with Crippen molar-refractivity contribution in [1.82, 2.24) is 4.98 Å². The second kappa shape index (κ2) is 5.74. The highest BCUT2D eigenvalue weighted by atomic mass is 79.9. The minimum absolute atomic E-state index is 0.812. The number of anilines is 2. The van der Waals surface area contributed by atoms with Crippen LogP contribution in [0.2, 0.25) is 0 Å². The molecule has 4 heteroatoms. The molecular weight excluding hydrogens is 328 g/mol. The first-order valence-corrected chi connectivity index (χ1v) is 7.42. The zero-order chi connectivity index (χ0) is 14.8. The van der Waals surface area contributed by atoms with E-state index in [4.69, 9.17) is 4.74 Å². The SMILES string of the molecule is COc1ccc2c(Nc3ccc(Br)cc3C)ccnc2c1. The van der Waals surface area contributed by atoms with Crippen molar-refractivity contribution in [2.24, 2.45) is 0 Å². The fraction of sp³-hybridized carbons (Fsp3) is 0.118. The first kappa shape index (κ1) is 13.9. The first-order chi connectivity index (χ1) is 10.2. The third-order valence-corrected chi connectivity index (χ3v) is 3.90. The number of methoxy groups -OCH3 is 1. The maximum Gasteiger partial charge on any atom is 0.121 e. The lowest BCUT2D eigenvalue weighted by molar-refractivity contribution is 0.415. The van der Waals surface area contributed by atoms with Crippen molar-refractivity contribution in [3.05, 3.63) is 58.7 Å². The van der Waals surface area contributed by atoms with Gasteiger partial charge in [0, 0.05) is 33.5 Å². The highest BCUT2D eigenvalue weighted by molar-refractivity contribution is 9.10. The molecular formula is C17H15BrN2O. The standard InChI is InChI=1S/C17H15BrN2O/c1-11-9-12(18)3-6-15(11)20-16-7-8-19-17-10-13(21-2)4-5-14(16)17/h3-10H,1-2H3,(H,19,20). The summed E-state index contributed by atoms with van der Waals surface area (Å²) in [5.74, 6) is 0.812. The van der Waals surface area contributed by atoms with E-state index in [0.29, 0.717) is 0 Å². The van der Waals surface area contributed by atoms with Crippen LogP contribution in [0, 0.1) is 6.92 Å². The Morgan fingerprint density at radius 1 is 1.05 bits per heavy atom. The molecule has 0 unspecified atom stereocenters. The van der Waals surface area contributed by atoms with Gasteiger partial charge in [-0.3, -0.25) is 4.98 Å². The van der Waals surface area contributed by atoms with Gasteiger partial charge in [-0.1, -0.05) is 15.9 Å². The molecule has 2 aromatic carbocycles. The Hall–Kier alpha value is -2.07. The average Bonchev–Trinajstić information content (AvgIpc) is 2.49. The van der Waals surface area contributed by atoms with Crippen LogP contribution in [-0.4, -0.2) is 12.1 Å². The Morgan fingerprint density at radius 2 is 1.90 bits per heavy atom. The van der Waals surface area contributed by atoms with E-state index in [9.17, 15) is 0 Å². The number of halogens is 1. The maximum atomic E-state index is 5.25. The third-order valence-electron chi connectivity index (χ3n) is 3.41. The number of aromatic nitrogens is 1. The summed E-state index contributed by atoms with van der Waals surface area (Å²) in [5.41, 5.74) is 4.21. The van der Waals surface area contributed by atoms with Crippen LogP contribution in [0.25, 0.3) is 10.9 Å². The van der Waals surface area contributed by atoms with Gasteiger partial charge in [0.05, 0.1) is 12.6 Å². The lowest BCUT2D eigenvalue weighted by Gasteiger charge is -2.12. The van der Waals surface area contributed by atoms with E-state index in [1.54, 1.807) is 13.3 Å². The summed E-state index contributed by atoms with van der Waals surface area (Å²) in [6, 6.07) is 14.1. The Balaban J connectivity index is 2.04. The summed E-state index contributed by atoms with van der Waals surface area (Å²) < 4.78 is 6.33. The average molecular weight is 343 g/mol. The van der Waals surface area contributed by atoms with E-state index in [2.05, 4.69) is 45.3 Å². The van der Waals surface area contributed by atoms with Gasteiger partial charge in [0.1, 0.15) is 5.75 Å².